The van der Waals surface area contributed by atoms with Gasteiger partial charge in [0, 0.05) is 24.7 Å². The van der Waals surface area contributed by atoms with Crippen molar-refractivity contribution >= 4 is 11.6 Å². The van der Waals surface area contributed by atoms with Crippen LogP contribution in [0.15, 0.2) is 18.2 Å². The van der Waals surface area contributed by atoms with Gasteiger partial charge in [0.25, 0.3) is 0 Å². The largest absolute Gasteiger partial charge is 0.416 e. The van der Waals surface area contributed by atoms with Crippen LogP contribution in [-0.2, 0) is 11.0 Å². The molecule has 1 unspecified atom stereocenters. The second-order valence-corrected chi connectivity index (χ2v) is 4.05. The summed E-state index contributed by atoms with van der Waals surface area (Å²) in [5, 5.41) is 14.8. The van der Waals surface area contributed by atoms with Gasteiger partial charge in [0.1, 0.15) is 0 Å². The number of likely N-dealkylation sites (N-methyl/N-ethyl adjacent to an activating group) is 1. The maximum Gasteiger partial charge on any atom is 0.416 e. The predicted molar refractivity (Wildman–Crippen MR) is 64.6 cm³/mol. The Labute approximate surface area is 108 Å². The van der Waals surface area contributed by atoms with Crippen LogP contribution < -0.4 is 10.6 Å². The first-order valence-corrected chi connectivity index (χ1v) is 5.57. The molecule has 0 spiro atoms. The molecule has 0 aliphatic heterocycles. The van der Waals surface area contributed by atoms with Crippen LogP contribution in [0.1, 0.15) is 24.2 Å². The molecule has 0 bridgehead atoms. The van der Waals surface area contributed by atoms with Gasteiger partial charge in [-0.25, -0.2) is 0 Å². The third-order valence-electron chi connectivity index (χ3n) is 2.45. The zero-order valence-corrected chi connectivity index (χ0v) is 10.5. The molecule has 1 aromatic rings. The molecule has 19 heavy (non-hydrogen) atoms. The molecular formula is C12H15F3N2O2. The van der Waals surface area contributed by atoms with Gasteiger partial charge >= 0.3 is 6.18 Å². The standard InChI is InChI=1S/C12H15F3N2O2/c1-7(18)17-10-5-8(12(13,14)15)3-4-9(10)11(19)6-16-2/h3-5,11,16,19H,6H2,1-2H3,(H,17,18). The van der Waals surface area contributed by atoms with Crippen molar-refractivity contribution in [2.75, 3.05) is 18.9 Å². The molecule has 0 aromatic heterocycles. The molecule has 0 aliphatic rings. The molecule has 0 saturated heterocycles. The number of aliphatic hydroxyl groups is 1. The van der Waals surface area contributed by atoms with E-state index in [9.17, 15) is 23.1 Å². The van der Waals surface area contributed by atoms with Crippen molar-refractivity contribution < 1.29 is 23.1 Å². The number of carbonyl (C=O) groups excluding carboxylic acids is 1. The number of nitrogens with one attached hydrogen (secondary N) is 2. The van der Waals surface area contributed by atoms with Gasteiger partial charge in [-0.3, -0.25) is 4.79 Å². The van der Waals surface area contributed by atoms with Crippen LogP contribution in [0.4, 0.5) is 18.9 Å². The molecule has 1 amide bonds. The number of benzene rings is 1. The zero-order chi connectivity index (χ0) is 14.6. The van der Waals surface area contributed by atoms with E-state index in [1.165, 1.54) is 6.92 Å². The van der Waals surface area contributed by atoms with E-state index in [1.54, 1.807) is 7.05 Å². The first-order chi connectivity index (χ1) is 8.75. The Hall–Kier alpha value is -1.60. The van der Waals surface area contributed by atoms with Gasteiger partial charge in [-0.1, -0.05) is 6.07 Å². The van der Waals surface area contributed by atoms with Crippen LogP contribution in [-0.4, -0.2) is 24.6 Å². The topological polar surface area (TPSA) is 61.4 Å². The average Bonchev–Trinajstić information content (AvgIpc) is 2.27. The normalized spacial score (nSPS) is 13.2. The Morgan fingerprint density at radius 1 is 1.42 bits per heavy atom. The fraction of sp³-hybridized carbons (Fsp3) is 0.417. The highest BCUT2D eigenvalue weighted by atomic mass is 19.4. The number of carbonyl (C=O) groups is 1. The van der Waals surface area contributed by atoms with Crippen LogP contribution in [0, 0.1) is 0 Å². The molecule has 0 aliphatic carbocycles. The number of hydrogen-bond donors (Lipinski definition) is 3. The van der Waals surface area contributed by atoms with E-state index in [1.807, 2.05) is 0 Å². The summed E-state index contributed by atoms with van der Waals surface area (Å²) in [4.78, 5) is 11.0. The lowest BCUT2D eigenvalue weighted by molar-refractivity contribution is -0.137. The number of anilines is 1. The third-order valence-corrected chi connectivity index (χ3v) is 2.45. The maximum atomic E-state index is 12.6. The molecule has 0 saturated carbocycles. The van der Waals surface area contributed by atoms with E-state index in [-0.39, 0.29) is 17.8 Å². The Balaban J connectivity index is 3.20. The van der Waals surface area contributed by atoms with Crippen LogP contribution in [0.2, 0.25) is 0 Å². The molecule has 1 rings (SSSR count). The SMILES string of the molecule is CNCC(O)c1ccc(C(F)(F)F)cc1NC(C)=O. The minimum Gasteiger partial charge on any atom is -0.387 e. The lowest BCUT2D eigenvalue weighted by Gasteiger charge is -2.17. The van der Waals surface area contributed by atoms with Crippen LogP contribution in [0.5, 0.6) is 0 Å². The third kappa shape index (κ3) is 4.22. The minimum absolute atomic E-state index is 0.0370. The van der Waals surface area contributed by atoms with E-state index in [4.69, 9.17) is 0 Å². The fourth-order valence-corrected chi connectivity index (χ4v) is 1.62. The molecule has 7 heteroatoms. The summed E-state index contributed by atoms with van der Waals surface area (Å²) in [6.07, 6.45) is -5.51. The monoisotopic (exact) mass is 276 g/mol. The zero-order valence-electron chi connectivity index (χ0n) is 10.5. The van der Waals surface area contributed by atoms with Crippen LogP contribution >= 0.6 is 0 Å². The Morgan fingerprint density at radius 2 is 2.05 bits per heavy atom. The highest BCUT2D eigenvalue weighted by Gasteiger charge is 2.31. The number of alkyl halides is 3. The highest BCUT2D eigenvalue weighted by Crippen LogP contribution is 2.33. The Morgan fingerprint density at radius 3 is 2.53 bits per heavy atom. The molecule has 106 valence electrons. The highest BCUT2D eigenvalue weighted by molar-refractivity contribution is 5.89. The number of aliphatic hydroxyl groups excluding tert-OH is 1. The minimum atomic E-state index is -4.50. The second-order valence-electron chi connectivity index (χ2n) is 4.05. The van der Waals surface area contributed by atoms with Gasteiger partial charge in [-0.2, -0.15) is 13.2 Å². The molecule has 0 fully saturated rings. The smallest absolute Gasteiger partial charge is 0.387 e. The molecular weight excluding hydrogens is 261 g/mol. The number of amides is 1. The lowest BCUT2D eigenvalue weighted by Crippen LogP contribution is -2.19. The Kier molecular flexibility index (Phi) is 4.90. The predicted octanol–water partition coefficient (Wildman–Crippen LogP) is 1.92. The van der Waals surface area contributed by atoms with E-state index in [0.717, 1.165) is 18.2 Å². The molecule has 0 radical (unpaired) electrons. The maximum absolute atomic E-state index is 12.6. The number of hydrogen-bond acceptors (Lipinski definition) is 3. The van der Waals surface area contributed by atoms with Crippen molar-refractivity contribution in [2.45, 2.75) is 19.2 Å². The van der Waals surface area contributed by atoms with Crippen LogP contribution in [0.25, 0.3) is 0 Å². The fourth-order valence-electron chi connectivity index (χ4n) is 1.62. The summed E-state index contributed by atoms with van der Waals surface area (Å²) < 4.78 is 37.8. The lowest BCUT2D eigenvalue weighted by atomic mass is 10.0. The van der Waals surface area contributed by atoms with Crippen molar-refractivity contribution in [1.29, 1.82) is 0 Å². The second kappa shape index (κ2) is 6.03. The Bertz CT molecular complexity index is 461. The van der Waals surface area contributed by atoms with E-state index >= 15 is 0 Å². The van der Waals surface area contributed by atoms with Crippen molar-refractivity contribution in [3.05, 3.63) is 29.3 Å². The van der Waals surface area contributed by atoms with Crippen molar-refractivity contribution in [3.63, 3.8) is 0 Å². The van der Waals surface area contributed by atoms with Gasteiger partial charge in [0.2, 0.25) is 5.91 Å². The summed E-state index contributed by atoms with van der Waals surface area (Å²) in [6, 6.07) is 2.85. The van der Waals surface area contributed by atoms with E-state index in [2.05, 4.69) is 10.6 Å². The first-order valence-electron chi connectivity index (χ1n) is 5.57. The molecule has 1 aromatic carbocycles. The summed E-state index contributed by atoms with van der Waals surface area (Å²) in [7, 11) is 1.60. The summed E-state index contributed by atoms with van der Waals surface area (Å²) in [5.41, 5.74) is -0.681. The van der Waals surface area contributed by atoms with E-state index < -0.39 is 23.8 Å². The molecule has 4 nitrogen and oxygen atoms in total. The summed E-state index contributed by atoms with van der Waals surface area (Å²) in [5.74, 6) is -0.503. The number of halogens is 3. The molecule has 0 heterocycles. The summed E-state index contributed by atoms with van der Waals surface area (Å²) in [6.45, 7) is 1.35. The quantitative estimate of drug-likeness (QED) is 0.787. The van der Waals surface area contributed by atoms with Crippen molar-refractivity contribution in [3.8, 4) is 0 Å². The van der Waals surface area contributed by atoms with Gasteiger partial charge in [-0.15, -0.1) is 0 Å². The van der Waals surface area contributed by atoms with Crippen molar-refractivity contribution in [1.82, 2.24) is 5.32 Å². The van der Waals surface area contributed by atoms with Gasteiger partial charge in [0.05, 0.1) is 11.7 Å². The van der Waals surface area contributed by atoms with Gasteiger partial charge in [0.15, 0.2) is 0 Å². The van der Waals surface area contributed by atoms with Crippen LogP contribution in [0.3, 0.4) is 0 Å². The number of rotatable bonds is 4. The summed E-state index contributed by atoms with van der Waals surface area (Å²) >= 11 is 0. The van der Waals surface area contributed by atoms with Gasteiger partial charge < -0.3 is 15.7 Å². The molecule has 1 atom stereocenters. The van der Waals surface area contributed by atoms with Gasteiger partial charge in [-0.05, 0) is 19.2 Å². The van der Waals surface area contributed by atoms with Crippen molar-refractivity contribution in [2.24, 2.45) is 0 Å². The average molecular weight is 276 g/mol. The van der Waals surface area contributed by atoms with E-state index in [0.29, 0.717) is 0 Å². The molecule has 3 N–H and O–H groups in total. The first kappa shape index (κ1) is 15.5.